The third-order valence-electron chi connectivity index (χ3n) is 4.79. The summed E-state index contributed by atoms with van der Waals surface area (Å²) in [4.78, 5) is 3.02. The van der Waals surface area contributed by atoms with Gasteiger partial charge >= 0.3 is 0 Å². The maximum atomic E-state index is 5.83. The minimum absolute atomic E-state index is 0.309. The Morgan fingerprint density at radius 3 is 2.95 bits per heavy atom. The maximum Gasteiger partial charge on any atom is 0.0559 e. The molecular formula is C17H20N2S. The molecule has 2 aliphatic rings. The van der Waals surface area contributed by atoms with Gasteiger partial charge in [-0.2, -0.15) is 0 Å². The lowest BCUT2D eigenvalue weighted by Crippen LogP contribution is -2.31. The summed E-state index contributed by atoms with van der Waals surface area (Å²) in [5.41, 5.74) is 7.66. The topological polar surface area (TPSA) is 38.0 Å². The second-order valence-corrected chi connectivity index (χ2v) is 7.17. The smallest absolute Gasteiger partial charge is 0.0559 e. The highest BCUT2D eigenvalue weighted by molar-refractivity contribution is 7.12. The van der Waals surface area contributed by atoms with Crippen molar-refractivity contribution in [3.05, 3.63) is 56.8 Å². The molecule has 3 N–H and O–H groups in total. The molecule has 3 heteroatoms. The SMILES string of the molecule is NNC(CC1Cc2ccccc21)c1cc2c(s1)CCC2. The molecule has 2 nitrogen and oxygen atoms in total. The van der Waals surface area contributed by atoms with Gasteiger partial charge < -0.3 is 0 Å². The average Bonchev–Trinajstić information content (AvgIpc) is 3.01. The summed E-state index contributed by atoms with van der Waals surface area (Å²) in [5.74, 6) is 6.50. The zero-order valence-corrected chi connectivity index (χ0v) is 12.4. The second kappa shape index (κ2) is 4.99. The lowest BCUT2D eigenvalue weighted by Gasteiger charge is -2.32. The summed E-state index contributed by atoms with van der Waals surface area (Å²) in [6.45, 7) is 0. The average molecular weight is 284 g/mol. The van der Waals surface area contributed by atoms with Gasteiger partial charge in [0.15, 0.2) is 0 Å². The van der Waals surface area contributed by atoms with E-state index in [1.54, 1.807) is 10.4 Å². The fourth-order valence-electron chi connectivity index (χ4n) is 3.65. The normalized spacial score (nSPS) is 21.1. The van der Waals surface area contributed by atoms with Gasteiger partial charge in [0.25, 0.3) is 0 Å². The first-order chi connectivity index (χ1) is 9.85. The zero-order valence-electron chi connectivity index (χ0n) is 11.6. The molecule has 20 heavy (non-hydrogen) atoms. The van der Waals surface area contributed by atoms with E-state index in [1.165, 1.54) is 41.7 Å². The van der Waals surface area contributed by atoms with Gasteiger partial charge in [0.2, 0.25) is 0 Å². The summed E-state index contributed by atoms with van der Waals surface area (Å²) >= 11 is 1.97. The van der Waals surface area contributed by atoms with Crippen LogP contribution in [0.1, 0.15) is 51.2 Å². The third kappa shape index (κ3) is 2.01. The highest BCUT2D eigenvalue weighted by atomic mass is 32.1. The number of hydrogen-bond acceptors (Lipinski definition) is 3. The van der Waals surface area contributed by atoms with Crippen molar-refractivity contribution in [2.75, 3.05) is 0 Å². The third-order valence-corrected chi connectivity index (χ3v) is 6.14. The van der Waals surface area contributed by atoms with Crippen molar-refractivity contribution in [2.45, 2.75) is 44.1 Å². The Hall–Kier alpha value is -1.16. The quantitative estimate of drug-likeness (QED) is 0.666. The molecule has 0 fully saturated rings. The second-order valence-electron chi connectivity index (χ2n) is 6.01. The molecule has 4 rings (SSSR count). The van der Waals surface area contributed by atoms with E-state index in [2.05, 4.69) is 35.8 Å². The fraction of sp³-hybridized carbons (Fsp3) is 0.412. The van der Waals surface area contributed by atoms with Crippen molar-refractivity contribution in [3.63, 3.8) is 0 Å². The molecule has 0 bridgehead atoms. The van der Waals surface area contributed by atoms with Crippen LogP contribution in [0.25, 0.3) is 0 Å². The monoisotopic (exact) mass is 284 g/mol. The molecular weight excluding hydrogens is 264 g/mol. The van der Waals surface area contributed by atoms with Gasteiger partial charge in [0, 0.05) is 9.75 Å². The van der Waals surface area contributed by atoms with Crippen molar-refractivity contribution in [3.8, 4) is 0 Å². The van der Waals surface area contributed by atoms with E-state index in [-0.39, 0.29) is 0 Å². The Morgan fingerprint density at radius 1 is 1.25 bits per heavy atom. The van der Waals surface area contributed by atoms with Crippen LogP contribution in [-0.4, -0.2) is 0 Å². The Kier molecular flexibility index (Phi) is 3.14. The Balaban J connectivity index is 1.52. The fourth-order valence-corrected chi connectivity index (χ4v) is 4.98. The van der Waals surface area contributed by atoms with Crippen molar-refractivity contribution >= 4 is 11.3 Å². The highest BCUT2D eigenvalue weighted by Gasteiger charge is 2.29. The van der Waals surface area contributed by atoms with Gasteiger partial charge in [-0.15, -0.1) is 11.3 Å². The number of hydrogen-bond donors (Lipinski definition) is 2. The Labute approximate surface area is 124 Å². The van der Waals surface area contributed by atoms with Crippen LogP contribution in [0.2, 0.25) is 0 Å². The van der Waals surface area contributed by atoms with Crippen LogP contribution in [-0.2, 0) is 19.3 Å². The van der Waals surface area contributed by atoms with Crippen LogP contribution < -0.4 is 11.3 Å². The standard InChI is InChI=1S/C17H20N2S/c18-19-15(17-10-12-5-3-7-16(12)20-17)9-13-8-11-4-1-2-6-14(11)13/h1-2,4,6,10,13,15,19H,3,5,7-9,18H2. The summed E-state index contributed by atoms with van der Waals surface area (Å²) in [5, 5.41) is 0. The molecule has 1 aromatic heterocycles. The van der Waals surface area contributed by atoms with E-state index >= 15 is 0 Å². The van der Waals surface area contributed by atoms with E-state index < -0.39 is 0 Å². The molecule has 1 aromatic carbocycles. The first-order valence-corrected chi connectivity index (χ1v) is 8.32. The summed E-state index contributed by atoms with van der Waals surface area (Å²) in [7, 11) is 0. The van der Waals surface area contributed by atoms with Crippen LogP contribution in [0.3, 0.4) is 0 Å². The largest absolute Gasteiger partial charge is 0.271 e. The van der Waals surface area contributed by atoms with Crippen LogP contribution in [0.5, 0.6) is 0 Å². The Morgan fingerprint density at radius 2 is 2.15 bits per heavy atom. The van der Waals surface area contributed by atoms with Crippen molar-refractivity contribution in [1.29, 1.82) is 0 Å². The number of benzene rings is 1. The number of thiophene rings is 1. The van der Waals surface area contributed by atoms with E-state index in [9.17, 15) is 0 Å². The molecule has 0 spiro atoms. The number of nitrogens with two attached hydrogens (primary N) is 1. The van der Waals surface area contributed by atoms with E-state index in [0.29, 0.717) is 12.0 Å². The van der Waals surface area contributed by atoms with E-state index in [4.69, 9.17) is 5.84 Å². The van der Waals surface area contributed by atoms with Crippen LogP contribution >= 0.6 is 11.3 Å². The van der Waals surface area contributed by atoms with Crippen LogP contribution in [0.4, 0.5) is 0 Å². The van der Waals surface area contributed by atoms with Crippen LogP contribution in [0, 0.1) is 0 Å². The molecule has 0 saturated heterocycles. The van der Waals surface area contributed by atoms with Gasteiger partial charge in [-0.05, 0) is 60.8 Å². The number of hydrazine groups is 1. The molecule has 2 aliphatic carbocycles. The number of fused-ring (bicyclic) bond motifs is 2. The molecule has 104 valence electrons. The lowest BCUT2D eigenvalue weighted by molar-refractivity contribution is 0.440. The van der Waals surface area contributed by atoms with Gasteiger partial charge in [0.1, 0.15) is 0 Å². The molecule has 2 aromatic rings. The minimum Gasteiger partial charge on any atom is -0.271 e. The maximum absolute atomic E-state index is 5.83. The first-order valence-electron chi connectivity index (χ1n) is 7.50. The summed E-state index contributed by atoms with van der Waals surface area (Å²) in [6.07, 6.45) is 6.18. The van der Waals surface area contributed by atoms with Crippen LogP contribution in [0.15, 0.2) is 30.3 Å². The van der Waals surface area contributed by atoms with Gasteiger partial charge in [0.05, 0.1) is 6.04 Å². The predicted octanol–water partition coefficient (Wildman–Crippen LogP) is 3.47. The molecule has 0 saturated carbocycles. The number of rotatable bonds is 4. The molecule has 0 radical (unpaired) electrons. The molecule has 0 amide bonds. The van der Waals surface area contributed by atoms with E-state index in [0.717, 1.165) is 6.42 Å². The first kappa shape index (κ1) is 12.6. The van der Waals surface area contributed by atoms with Crippen molar-refractivity contribution < 1.29 is 0 Å². The van der Waals surface area contributed by atoms with Gasteiger partial charge in [-0.1, -0.05) is 24.3 Å². The molecule has 0 aliphatic heterocycles. The summed E-state index contributed by atoms with van der Waals surface area (Å²) < 4.78 is 0. The number of nitrogens with one attached hydrogen (secondary N) is 1. The minimum atomic E-state index is 0.309. The lowest BCUT2D eigenvalue weighted by atomic mass is 9.74. The molecule has 2 atom stereocenters. The summed E-state index contributed by atoms with van der Waals surface area (Å²) in [6, 6.07) is 11.5. The van der Waals surface area contributed by atoms with Crippen molar-refractivity contribution in [2.24, 2.45) is 5.84 Å². The van der Waals surface area contributed by atoms with Gasteiger partial charge in [-0.25, -0.2) is 0 Å². The van der Waals surface area contributed by atoms with E-state index in [1.807, 2.05) is 11.3 Å². The van der Waals surface area contributed by atoms with Crippen molar-refractivity contribution in [1.82, 2.24) is 5.43 Å². The highest BCUT2D eigenvalue weighted by Crippen LogP contribution is 2.42. The number of aryl methyl sites for hydroxylation is 2. The van der Waals surface area contributed by atoms with Gasteiger partial charge in [-0.3, -0.25) is 11.3 Å². The zero-order chi connectivity index (χ0) is 13.5. The molecule has 1 heterocycles. The molecule has 2 unspecified atom stereocenters. The predicted molar refractivity (Wildman–Crippen MR) is 83.9 cm³/mol. The Bertz CT molecular complexity index is 610.